The average Bonchev–Trinajstić information content (AvgIpc) is 3.00. The Kier molecular flexibility index (Phi) is 3.43. The number of carbonyl (C=O) groups is 1. The number of nitrogens with zero attached hydrogens (tertiary/aromatic N) is 2. The molecule has 118 valence electrons. The Balaban J connectivity index is 2.17. The van der Waals surface area contributed by atoms with E-state index in [1.807, 2.05) is 19.2 Å². The number of carbonyl (C=O) groups excluding carboxylic acids is 1. The number of aromatic nitrogens is 2. The Morgan fingerprint density at radius 3 is 2.73 bits per heavy atom. The third-order valence-electron chi connectivity index (χ3n) is 3.97. The molecule has 0 amide bonds. The molecule has 2 heterocycles. The lowest BCUT2D eigenvalue weighted by Gasteiger charge is -2.28. The lowest BCUT2D eigenvalue weighted by atomic mass is 9.74. The highest BCUT2D eigenvalue weighted by Gasteiger charge is 2.41. The fraction of sp³-hybridized carbons (Fsp3) is 0.467. The van der Waals surface area contributed by atoms with Crippen molar-refractivity contribution in [3.63, 3.8) is 0 Å². The minimum atomic E-state index is -4.36. The first kappa shape index (κ1) is 15.3. The van der Waals surface area contributed by atoms with E-state index in [-0.39, 0.29) is 5.78 Å². The van der Waals surface area contributed by atoms with Gasteiger partial charge in [0.15, 0.2) is 5.78 Å². The molecular formula is C15H15F3N2OS. The Bertz CT molecular complexity index is 714. The highest BCUT2D eigenvalue weighted by atomic mass is 32.1. The summed E-state index contributed by atoms with van der Waals surface area (Å²) in [6.45, 7) is 2.50. The van der Waals surface area contributed by atoms with Crippen LogP contribution in [0.15, 0.2) is 17.5 Å². The van der Waals surface area contributed by atoms with Gasteiger partial charge < -0.3 is 0 Å². The molecule has 2 aromatic rings. The highest BCUT2D eigenvalue weighted by molar-refractivity contribution is 7.13. The van der Waals surface area contributed by atoms with Crippen LogP contribution >= 0.6 is 11.3 Å². The van der Waals surface area contributed by atoms with Crippen molar-refractivity contribution in [2.24, 2.45) is 5.41 Å². The van der Waals surface area contributed by atoms with Crippen LogP contribution in [0.5, 0.6) is 0 Å². The molecule has 1 aliphatic rings. The smallest absolute Gasteiger partial charge is 0.293 e. The van der Waals surface area contributed by atoms with Gasteiger partial charge in [-0.15, -0.1) is 11.3 Å². The van der Waals surface area contributed by atoms with Gasteiger partial charge in [0.25, 0.3) is 0 Å². The van der Waals surface area contributed by atoms with Crippen molar-refractivity contribution in [1.82, 2.24) is 9.78 Å². The van der Waals surface area contributed by atoms with Crippen LogP contribution < -0.4 is 0 Å². The first-order valence-corrected chi connectivity index (χ1v) is 7.82. The van der Waals surface area contributed by atoms with Gasteiger partial charge in [-0.05, 0) is 24.3 Å². The largest absolute Gasteiger partial charge is 0.408 e. The molecule has 0 radical (unpaired) electrons. The molecule has 3 rings (SSSR count). The van der Waals surface area contributed by atoms with Crippen LogP contribution in [0.1, 0.15) is 36.3 Å². The van der Waals surface area contributed by atoms with Gasteiger partial charge in [-0.1, -0.05) is 19.9 Å². The molecule has 0 aliphatic heterocycles. The molecule has 3 nitrogen and oxygen atoms in total. The van der Waals surface area contributed by atoms with Gasteiger partial charge in [0.05, 0.1) is 16.1 Å². The number of alkyl halides is 3. The molecule has 0 spiro atoms. The first-order chi connectivity index (χ1) is 10.2. The maximum absolute atomic E-state index is 12.8. The van der Waals surface area contributed by atoms with Crippen molar-refractivity contribution in [2.45, 2.75) is 39.4 Å². The predicted octanol–water partition coefficient (Wildman–Crippen LogP) is 4.33. The van der Waals surface area contributed by atoms with Gasteiger partial charge in [0.1, 0.15) is 12.2 Å². The van der Waals surface area contributed by atoms with E-state index in [4.69, 9.17) is 0 Å². The monoisotopic (exact) mass is 328 g/mol. The minimum Gasteiger partial charge on any atom is -0.293 e. The van der Waals surface area contributed by atoms with E-state index in [1.165, 1.54) is 11.3 Å². The zero-order valence-electron chi connectivity index (χ0n) is 12.2. The van der Waals surface area contributed by atoms with E-state index >= 15 is 0 Å². The Morgan fingerprint density at radius 1 is 1.41 bits per heavy atom. The lowest BCUT2D eigenvalue weighted by Crippen LogP contribution is -2.31. The van der Waals surface area contributed by atoms with E-state index in [2.05, 4.69) is 5.10 Å². The topological polar surface area (TPSA) is 34.9 Å². The van der Waals surface area contributed by atoms with Gasteiger partial charge in [-0.2, -0.15) is 18.3 Å². The summed E-state index contributed by atoms with van der Waals surface area (Å²) in [5.41, 5.74) is 0.588. The molecule has 0 N–H and O–H groups in total. The van der Waals surface area contributed by atoms with Crippen LogP contribution in [-0.2, 0) is 13.0 Å². The van der Waals surface area contributed by atoms with Crippen molar-refractivity contribution in [2.75, 3.05) is 0 Å². The summed E-state index contributed by atoms with van der Waals surface area (Å²) >= 11 is 1.37. The van der Waals surface area contributed by atoms with Crippen LogP contribution in [0.4, 0.5) is 13.2 Å². The van der Waals surface area contributed by atoms with Gasteiger partial charge in [-0.25, -0.2) is 0 Å². The standard InChI is InChI=1S/C15H15F3N2OS/c1-14(2)6-5-9-11(13(14)21)12(10-4-3-7-22-10)19-20(9)8-15(16,17)18/h3-4,7H,5-6,8H2,1-2H3. The van der Waals surface area contributed by atoms with Gasteiger partial charge >= 0.3 is 6.18 Å². The summed E-state index contributed by atoms with van der Waals surface area (Å²) in [6.07, 6.45) is -3.39. The number of ketones is 1. The minimum absolute atomic E-state index is 0.120. The van der Waals surface area contributed by atoms with Crippen molar-refractivity contribution >= 4 is 17.1 Å². The van der Waals surface area contributed by atoms with Crippen LogP contribution in [0.2, 0.25) is 0 Å². The molecule has 0 saturated carbocycles. The van der Waals surface area contributed by atoms with Crippen molar-refractivity contribution in [3.8, 4) is 10.6 Å². The maximum Gasteiger partial charge on any atom is 0.408 e. The number of thiophene rings is 1. The van der Waals surface area contributed by atoms with E-state index < -0.39 is 18.1 Å². The molecular weight excluding hydrogens is 313 g/mol. The number of Topliss-reactive ketones (excluding diaryl/α,β-unsaturated/α-hetero) is 1. The summed E-state index contributed by atoms with van der Waals surface area (Å²) in [5.74, 6) is -0.120. The molecule has 22 heavy (non-hydrogen) atoms. The second-order valence-electron chi connectivity index (χ2n) is 6.13. The molecule has 0 aromatic carbocycles. The summed E-state index contributed by atoms with van der Waals surface area (Å²) < 4.78 is 39.3. The fourth-order valence-corrected chi connectivity index (χ4v) is 3.47. The zero-order chi connectivity index (χ0) is 16.1. The van der Waals surface area contributed by atoms with Gasteiger partial charge in [0, 0.05) is 5.41 Å². The van der Waals surface area contributed by atoms with Gasteiger partial charge in [0.2, 0.25) is 0 Å². The molecule has 1 aliphatic carbocycles. The van der Waals surface area contributed by atoms with Crippen molar-refractivity contribution in [3.05, 3.63) is 28.8 Å². The highest BCUT2D eigenvalue weighted by Crippen LogP contribution is 2.40. The second-order valence-corrected chi connectivity index (χ2v) is 7.08. The summed E-state index contributed by atoms with van der Waals surface area (Å²) in [5, 5.41) is 5.94. The van der Waals surface area contributed by atoms with E-state index in [1.54, 1.807) is 12.1 Å². The summed E-state index contributed by atoms with van der Waals surface area (Å²) in [4.78, 5) is 13.4. The van der Waals surface area contributed by atoms with Crippen LogP contribution in [0.25, 0.3) is 10.6 Å². The van der Waals surface area contributed by atoms with E-state index in [0.717, 1.165) is 9.56 Å². The van der Waals surface area contributed by atoms with Crippen LogP contribution in [0, 0.1) is 5.41 Å². The summed E-state index contributed by atoms with van der Waals surface area (Å²) in [6, 6.07) is 3.58. The van der Waals surface area contributed by atoms with Crippen molar-refractivity contribution < 1.29 is 18.0 Å². The number of rotatable bonds is 2. The second kappa shape index (κ2) is 4.94. The number of hydrogen-bond acceptors (Lipinski definition) is 3. The Hall–Kier alpha value is -1.63. The lowest BCUT2D eigenvalue weighted by molar-refractivity contribution is -0.143. The molecule has 0 saturated heterocycles. The van der Waals surface area contributed by atoms with Crippen LogP contribution in [-0.4, -0.2) is 21.7 Å². The molecule has 7 heteroatoms. The molecule has 0 bridgehead atoms. The SMILES string of the molecule is CC1(C)CCc2c(c(-c3cccs3)nn2CC(F)(F)F)C1=O. The number of halogens is 3. The molecule has 0 fully saturated rings. The molecule has 0 atom stereocenters. The quantitative estimate of drug-likeness (QED) is 0.822. The normalized spacial score (nSPS) is 17.6. The third-order valence-corrected chi connectivity index (χ3v) is 4.85. The van der Waals surface area contributed by atoms with Gasteiger partial charge in [-0.3, -0.25) is 9.48 Å². The third kappa shape index (κ3) is 2.58. The maximum atomic E-state index is 12.8. The van der Waals surface area contributed by atoms with Crippen LogP contribution in [0.3, 0.4) is 0 Å². The predicted molar refractivity (Wildman–Crippen MR) is 78.0 cm³/mol. The average molecular weight is 328 g/mol. The summed E-state index contributed by atoms with van der Waals surface area (Å²) in [7, 11) is 0. The van der Waals surface area contributed by atoms with E-state index in [0.29, 0.717) is 29.8 Å². The number of hydrogen-bond donors (Lipinski definition) is 0. The fourth-order valence-electron chi connectivity index (χ4n) is 2.76. The Morgan fingerprint density at radius 2 is 2.14 bits per heavy atom. The molecule has 2 aromatic heterocycles. The van der Waals surface area contributed by atoms with Crippen molar-refractivity contribution in [1.29, 1.82) is 0 Å². The number of fused-ring (bicyclic) bond motifs is 1. The Labute approximate surface area is 129 Å². The first-order valence-electron chi connectivity index (χ1n) is 6.94. The van der Waals surface area contributed by atoms with E-state index in [9.17, 15) is 18.0 Å². The zero-order valence-corrected chi connectivity index (χ0v) is 13.0. The molecule has 0 unspecified atom stereocenters.